The quantitative estimate of drug-likeness (QED) is 0.120. The summed E-state index contributed by atoms with van der Waals surface area (Å²) in [5.41, 5.74) is 0.0980. The Morgan fingerprint density at radius 1 is 0.512 bits per heavy atom. The Balaban J connectivity index is 1.50. The van der Waals surface area contributed by atoms with Gasteiger partial charge in [0.1, 0.15) is 0 Å². The molecule has 0 N–H and O–H groups in total. The van der Waals surface area contributed by atoms with Crippen molar-refractivity contribution in [1.82, 2.24) is 0 Å². The maximum absolute atomic E-state index is 11.9. The maximum atomic E-state index is 11.9. The van der Waals surface area contributed by atoms with Crippen LogP contribution in [0.4, 0.5) is 9.59 Å². The predicted octanol–water partition coefficient (Wildman–Crippen LogP) is 3.90. The molecule has 0 aliphatic heterocycles. The van der Waals surface area contributed by atoms with E-state index in [1.165, 1.54) is 64.8 Å². The molecule has 0 unspecified atom stereocenters. The normalized spacial score (nSPS) is 10.0. The van der Waals surface area contributed by atoms with Crippen LogP contribution in [0.25, 0.3) is 0 Å². The monoisotopic (exact) mass is 584 g/mol. The lowest BCUT2D eigenvalue weighted by molar-refractivity contribution is -0.452. The van der Waals surface area contributed by atoms with Crippen LogP contribution in [-0.4, -0.2) is 65.9 Å². The van der Waals surface area contributed by atoms with Crippen LogP contribution in [0.15, 0.2) is 36.4 Å². The van der Waals surface area contributed by atoms with Gasteiger partial charge in [-0.25, -0.2) is 29.0 Å². The van der Waals surface area contributed by atoms with Gasteiger partial charge < -0.3 is 28.4 Å². The molecule has 0 radical (unpaired) electrons. The van der Waals surface area contributed by atoms with Crippen molar-refractivity contribution in [2.24, 2.45) is 0 Å². The number of carbonyl (C=O) groups excluding carboxylic acids is 4. The second kappa shape index (κ2) is 17.6. The molecule has 41 heavy (non-hydrogen) atoms. The highest BCUT2D eigenvalue weighted by Gasteiger charge is 2.16. The van der Waals surface area contributed by atoms with Crippen molar-refractivity contribution < 1.29 is 77.2 Å². The highest BCUT2D eigenvalue weighted by molar-refractivity contribution is 5.90. The molecule has 2 aromatic rings. The first-order chi connectivity index (χ1) is 19.8. The van der Waals surface area contributed by atoms with E-state index in [9.17, 15) is 19.2 Å². The number of methoxy groups -OCH3 is 4. The zero-order valence-electron chi connectivity index (χ0n) is 22.5. The summed E-state index contributed by atoms with van der Waals surface area (Å²) in [6.45, 7) is -0.128. The lowest BCUT2D eigenvalue weighted by atomic mass is 10.2. The van der Waals surface area contributed by atoms with Gasteiger partial charge in [0.15, 0.2) is 23.0 Å². The zero-order chi connectivity index (χ0) is 30.0. The smallest absolute Gasteiger partial charge is 0.493 e. The van der Waals surface area contributed by atoms with Crippen LogP contribution in [0.3, 0.4) is 0 Å². The van der Waals surface area contributed by atoms with E-state index >= 15 is 0 Å². The Morgan fingerprint density at radius 3 is 1.27 bits per heavy atom. The minimum absolute atomic E-state index is 0.0490. The number of hydrogen-bond donors (Lipinski definition) is 0. The summed E-state index contributed by atoms with van der Waals surface area (Å²) in [6.07, 6.45) is -1.27. The largest absolute Gasteiger partial charge is 0.543 e. The van der Waals surface area contributed by atoms with Crippen LogP contribution in [0, 0.1) is 0 Å². The lowest BCUT2D eigenvalue weighted by Gasteiger charge is -2.08. The maximum Gasteiger partial charge on any atom is 0.543 e. The Morgan fingerprint density at radius 2 is 0.902 bits per heavy atom. The minimum Gasteiger partial charge on any atom is -0.493 e. The van der Waals surface area contributed by atoms with Gasteiger partial charge in [0.2, 0.25) is 0 Å². The average molecular weight is 584 g/mol. The molecule has 16 nitrogen and oxygen atoms in total. The Kier molecular flexibility index (Phi) is 13.8. The lowest BCUT2D eigenvalue weighted by Crippen LogP contribution is -2.13. The number of hydrogen-bond acceptors (Lipinski definition) is 16. The minimum atomic E-state index is -1.25. The first kappa shape index (κ1) is 32.3. The molecule has 0 aromatic heterocycles. The van der Waals surface area contributed by atoms with Crippen LogP contribution >= 0.6 is 0 Å². The molecule has 0 amide bonds. The van der Waals surface area contributed by atoms with Gasteiger partial charge >= 0.3 is 24.2 Å². The summed E-state index contributed by atoms with van der Waals surface area (Å²) in [6, 6.07) is 8.42. The number of rotatable bonds is 16. The van der Waals surface area contributed by atoms with Gasteiger partial charge in [-0.2, -0.15) is 0 Å². The molecule has 0 bridgehead atoms. The third-order valence-electron chi connectivity index (χ3n) is 4.89. The van der Waals surface area contributed by atoms with Crippen LogP contribution in [0.2, 0.25) is 0 Å². The molecular formula is C25H28O16. The molecule has 0 aliphatic carbocycles. The van der Waals surface area contributed by atoms with Gasteiger partial charge in [0, 0.05) is 0 Å². The molecule has 0 saturated heterocycles. The first-order valence-electron chi connectivity index (χ1n) is 11.7. The molecule has 16 heteroatoms. The summed E-state index contributed by atoms with van der Waals surface area (Å²) in [7, 11) is 5.66. The molecule has 0 saturated carbocycles. The van der Waals surface area contributed by atoms with Crippen molar-refractivity contribution in [2.45, 2.75) is 19.3 Å². The molecular weight excluding hydrogens is 556 g/mol. The Labute approximate surface area is 233 Å². The topological polar surface area (TPSA) is 179 Å². The van der Waals surface area contributed by atoms with Crippen molar-refractivity contribution in [2.75, 3.05) is 41.7 Å². The molecule has 0 fully saturated rings. The third kappa shape index (κ3) is 11.0. The van der Waals surface area contributed by atoms with Gasteiger partial charge in [-0.3, -0.25) is 9.78 Å². The molecule has 0 heterocycles. The summed E-state index contributed by atoms with van der Waals surface area (Å²) >= 11 is 0. The molecule has 0 spiro atoms. The second-order valence-corrected chi connectivity index (χ2v) is 7.44. The zero-order valence-corrected chi connectivity index (χ0v) is 22.5. The summed E-state index contributed by atoms with van der Waals surface area (Å²) in [5.74, 6) is -0.554. The number of benzene rings is 2. The molecule has 2 rings (SSSR count). The second-order valence-electron chi connectivity index (χ2n) is 7.44. The van der Waals surface area contributed by atoms with E-state index in [1.54, 1.807) is 0 Å². The summed E-state index contributed by atoms with van der Waals surface area (Å²) < 4.78 is 29.7. The highest BCUT2D eigenvalue weighted by Crippen LogP contribution is 2.28. The Bertz CT molecular complexity index is 1070. The van der Waals surface area contributed by atoms with Crippen LogP contribution in [-0.2, 0) is 39.1 Å². The van der Waals surface area contributed by atoms with E-state index in [0.717, 1.165) is 0 Å². The van der Waals surface area contributed by atoms with Crippen molar-refractivity contribution in [1.29, 1.82) is 0 Å². The molecule has 224 valence electrons. The van der Waals surface area contributed by atoms with E-state index in [1.807, 2.05) is 0 Å². The van der Waals surface area contributed by atoms with Crippen molar-refractivity contribution in [3.8, 4) is 23.0 Å². The highest BCUT2D eigenvalue weighted by atomic mass is 17.5. The molecule has 0 aliphatic rings. The van der Waals surface area contributed by atoms with E-state index in [4.69, 9.17) is 28.4 Å². The summed E-state index contributed by atoms with van der Waals surface area (Å²) in [4.78, 5) is 63.9. The summed E-state index contributed by atoms with van der Waals surface area (Å²) in [5, 5.41) is 8.27. The van der Waals surface area contributed by atoms with Crippen LogP contribution in [0.5, 0.6) is 23.0 Å². The number of ether oxygens (including phenoxy) is 6. The van der Waals surface area contributed by atoms with Gasteiger partial charge in [0.05, 0.1) is 62.9 Å². The standard InChI is InChI=1S/C25H28O16/c1-30-18-10-8-16(14-20(18)32-3)22(26)36-40-38-24(28)34-12-6-5-7-13-35-25(29)39-41-37-23(27)17-9-11-19(31-2)21(15-17)33-4/h8-11,14-15H,5-7,12-13H2,1-4H3. The van der Waals surface area contributed by atoms with E-state index in [2.05, 4.69) is 29.6 Å². The van der Waals surface area contributed by atoms with Gasteiger partial charge in [-0.15, -0.1) is 0 Å². The van der Waals surface area contributed by atoms with Gasteiger partial charge in [-0.1, -0.05) is 0 Å². The fourth-order valence-electron chi connectivity index (χ4n) is 2.91. The van der Waals surface area contributed by atoms with Crippen molar-refractivity contribution in [3.63, 3.8) is 0 Å². The Hall–Kier alpha value is -4.96. The van der Waals surface area contributed by atoms with Gasteiger partial charge in [-0.05, 0) is 55.7 Å². The third-order valence-corrected chi connectivity index (χ3v) is 4.89. The fourth-order valence-corrected chi connectivity index (χ4v) is 2.91. The van der Waals surface area contributed by atoms with E-state index < -0.39 is 24.2 Å². The van der Waals surface area contributed by atoms with Crippen LogP contribution in [0.1, 0.15) is 40.0 Å². The van der Waals surface area contributed by atoms with E-state index in [-0.39, 0.29) is 35.8 Å². The van der Waals surface area contributed by atoms with E-state index in [0.29, 0.717) is 30.8 Å². The fraction of sp³-hybridized carbons (Fsp3) is 0.360. The predicted molar refractivity (Wildman–Crippen MR) is 131 cm³/mol. The number of carbonyl (C=O) groups is 4. The number of unbranched alkanes of at least 4 members (excludes halogenated alkanes) is 2. The van der Waals surface area contributed by atoms with Crippen molar-refractivity contribution >= 4 is 24.2 Å². The first-order valence-corrected chi connectivity index (χ1v) is 11.7. The van der Waals surface area contributed by atoms with Crippen molar-refractivity contribution in [3.05, 3.63) is 47.5 Å². The molecule has 2 aromatic carbocycles. The average Bonchev–Trinajstić information content (AvgIpc) is 2.99. The van der Waals surface area contributed by atoms with Crippen LogP contribution < -0.4 is 18.9 Å². The molecule has 0 atom stereocenters. The SMILES string of the molecule is COc1ccc(C(=O)OOOC(=O)OCCCCCOC(=O)OOOC(=O)c2ccc(OC)c(OC)c2)cc1OC. The van der Waals surface area contributed by atoms with Gasteiger partial charge in [0.25, 0.3) is 0 Å².